The molecule has 2 amide bonds. The summed E-state index contributed by atoms with van der Waals surface area (Å²) in [6.45, 7) is 0. The average molecular weight is 232 g/mol. The number of benzene rings is 1. The lowest BCUT2D eigenvalue weighted by molar-refractivity contribution is 0.0693. The SMILES string of the molecule is CN1C(=O)c2cc(F)c(F)c(Cl)c2C1=O. The number of imide groups is 1. The zero-order valence-corrected chi connectivity index (χ0v) is 8.23. The highest BCUT2D eigenvalue weighted by Gasteiger charge is 2.37. The van der Waals surface area contributed by atoms with Gasteiger partial charge in [-0.2, -0.15) is 0 Å². The molecule has 1 aromatic rings. The second-order valence-corrected chi connectivity index (χ2v) is 3.46. The van der Waals surface area contributed by atoms with Crippen LogP contribution >= 0.6 is 11.6 Å². The minimum atomic E-state index is -1.31. The zero-order chi connectivity index (χ0) is 11.3. The van der Waals surface area contributed by atoms with Gasteiger partial charge in [0.25, 0.3) is 11.8 Å². The second-order valence-electron chi connectivity index (χ2n) is 3.08. The lowest BCUT2D eigenvalue weighted by atomic mass is 10.1. The van der Waals surface area contributed by atoms with Crippen LogP contribution in [0.4, 0.5) is 8.78 Å². The Morgan fingerprint density at radius 1 is 1.27 bits per heavy atom. The highest BCUT2D eigenvalue weighted by Crippen LogP contribution is 2.31. The van der Waals surface area contributed by atoms with E-state index in [1.807, 2.05) is 0 Å². The van der Waals surface area contributed by atoms with Crippen LogP contribution in [0.3, 0.4) is 0 Å². The molecule has 15 heavy (non-hydrogen) atoms. The van der Waals surface area contributed by atoms with Crippen molar-refractivity contribution in [2.24, 2.45) is 0 Å². The lowest BCUT2D eigenvalue weighted by Crippen LogP contribution is -2.24. The maximum atomic E-state index is 13.0. The van der Waals surface area contributed by atoms with Crippen LogP contribution in [0.1, 0.15) is 20.7 Å². The molecule has 0 saturated heterocycles. The summed E-state index contributed by atoms with van der Waals surface area (Å²) >= 11 is 5.45. The van der Waals surface area contributed by atoms with E-state index in [0.29, 0.717) is 6.07 Å². The van der Waals surface area contributed by atoms with Gasteiger partial charge in [-0.25, -0.2) is 8.78 Å². The molecule has 0 aliphatic carbocycles. The molecule has 0 radical (unpaired) electrons. The molecule has 0 saturated carbocycles. The van der Waals surface area contributed by atoms with Crippen molar-refractivity contribution in [3.63, 3.8) is 0 Å². The van der Waals surface area contributed by atoms with Crippen molar-refractivity contribution in [3.8, 4) is 0 Å². The summed E-state index contributed by atoms with van der Waals surface area (Å²) in [5.74, 6) is -3.96. The molecule has 1 aromatic carbocycles. The van der Waals surface area contributed by atoms with Gasteiger partial charge in [0.2, 0.25) is 0 Å². The van der Waals surface area contributed by atoms with Crippen LogP contribution in [0.25, 0.3) is 0 Å². The number of carbonyl (C=O) groups excluding carboxylic acids is 2. The molecule has 0 aromatic heterocycles. The van der Waals surface area contributed by atoms with Gasteiger partial charge in [0.05, 0.1) is 16.1 Å². The highest BCUT2D eigenvalue weighted by molar-refractivity contribution is 6.37. The van der Waals surface area contributed by atoms with E-state index < -0.39 is 28.5 Å². The van der Waals surface area contributed by atoms with Gasteiger partial charge in [-0.05, 0) is 6.07 Å². The third-order valence-electron chi connectivity index (χ3n) is 2.22. The van der Waals surface area contributed by atoms with Crippen molar-refractivity contribution in [1.29, 1.82) is 0 Å². The summed E-state index contributed by atoms with van der Waals surface area (Å²) in [5.41, 5.74) is -0.477. The Morgan fingerprint density at radius 3 is 2.47 bits per heavy atom. The molecule has 1 aliphatic heterocycles. The van der Waals surface area contributed by atoms with Crippen molar-refractivity contribution in [2.75, 3.05) is 7.05 Å². The Labute approximate surface area is 88.2 Å². The molecule has 0 N–H and O–H groups in total. The molecule has 3 nitrogen and oxygen atoms in total. The van der Waals surface area contributed by atoms with Gasteiger partial charge in [-0.15, -0.1) is 0 Å². The van der Waals surface area contributed by atoms with Crippen molar-refractivity contribution in [1.82, 2.24) is 4.90 Å². The van der Waals surface area contributed by atoms with E-state index >= 15 is 0 Å². The standard InChI is InChI=1S/C9H4ClF2NO2/c1-13-8(14)3-2-4(11)7(12)6(10)5(3)9(13)15/h2H,1H3. The molecule has 0 atom stereocenters. The summed E-state index contributed by atoms with van der Waals surface area (Å²) < 4.78 is 25.9. The Hall–Kier alpha value is -1.49. The smallest absolute Gasteiger partial charge is 0.262 e. The average Bonchev–Trinajstić information content (AvgIpc) is 2.40. The van der Waals surface area contributed by atoms with Crippen LogP contribution in [0.15, 0.2) is 6.07 Å². The van der Waals surface area contributed by atoms with Crippen LogP contribution in [0.5, 0.6) is 0 Å². The van der Waals surface area contributed by atoms with E-state index in [4.69, 9.17) is 11.6 Å². The fourth-order valence-corrected chi connectivity index (χ4v) is 1.69. The number of hydrogen-bond donors (Lipinski definition) is 0. The monoisotopic (exact) mass is 231 g/mol. The fraction of sp³-hybridized carbons (Fsp3) is 0.111. The molecule has 1 heterocycles. The first kappa shape index (κ1) is 10.0. The van der Waals surface area contributed by atoms with Crippen LogP contribution in [0.2, 0.25) is 5.02 Å². The van der Waals surface area contributed by atoms with Gasteiger partial charge in [0.1, 0.15) is 0 Å². The molecule has 1 aliphatic rings. The maximum absolute atomic E-state index is 13.0. The number of nitrogens with zero attached hydrogens (tertiary/aromatic N) is 1. The third kappa shape index (κ3) is 1.16. The first-order valence-electron chi connectivity index (χ1n) is 3.95. The van der Waals surface area contributed by atoms with Gasteiger partial charge in [-0.3, -0.25) is 14.5 Å². The number of halogens is 3. The van der Waals surface area contributed by atoms with Crippen molar-refractivity contribution < 1.29 is 18.4 Å². The zero-order valence-electron chi connectivity index (χ0n) is 7.47. The second kappa shape index (κ2) is 3.00. The molecule has 78 valence electrons. The molecule has 2 rings (SSSR count). The van der Waals surface area contributed by atoms with Crippen molar-refractivity contribution in [3.05, 3.63) is 33.9 Å². The third-order valence-corrected chi connectivity index (χ3v) is 2.57. The number of hydrogen-bond acceptors (Lipinski definition) is 2. The number of amides is 2. The summed E-state index contributed by atoms with van der Waals surface area (Å²) in [6, 6.07) is 0.681. The number of carbonyl (C=O) groups is 2. The minimum absolute atomic E-state index is 0.202. The van der Waals surface area contributed by atoms with Crippen LogP contribution in [0, 0.1) is 11.6 Å². The Morgan fingerprint density at radius 2 is 1.87 bits per heavy atom. The lowest BCUT2D eigenvalue weighted by Gasteiger charge is -2.03. The van der Waals surface area contributed by atoms with Gasteiger partial charge in [0.15, 0.2) is 11.6 Å². The molecular formula is C9H4ClF2NO2. The quantitative estimate of drug-likeness (QED) is 0.505. The Bertz CT molecular complexity index is 501. The number of fused-ring (bicyclic) bond motifs is 1. The van der Waals surface area contributed by atoms with Crippen molar-refractivity contribution >= 4 is 23.4 Å². The van der Waals surface area contributed by atoms with E-state index in [-0.39, 0.29) is 11.1 Å². The van der Waals surface area contributed by atoms with Gasteiger partial charge < -0.3 is 0 Å². The molecule has 0 bridgehead atoms. The predicted molar refractivity (Wildman–Crippen MR) is 47.8 cm³/mol. The van der Waals surface area contributed by atoms with Gasteiger partial charge >= 0.3 is 0 Å². The first-order valence-corrected chi connectivity index (χ1v) is 4.32. The molecule has 0 spiro atoms. The predicted octanol–water partition coefficient (Wildman–Crippen LogP) is 1.84. The summed E-state index contributed by atoms with van der Waals surface area (Å²) in [7, 11) is 1.22. The molecule has 0 unspecified atom stereocenters. The summed E-state index contributed by atoms with van der Waals surface area (Å²) in [4.78, 5) is 23.6. The summed E-state index contributed by atoms with van der Waals surface area (Å²) in [5, 5.41) is -0.646. The highest BCUT2D eigenvalue weighted by atomic mass is 35.5. The minimum Gasteiger partial charge on any atom is -0.277 e. The molecule has 0 fully saturated rings. The largest absolute Gasteiger partial charge is 0.277 e. The van der Waals surface area contributed by atoms with Crippen LogP contribution < -0.4 is 0 Å². The van der Waals surface area contributed by atoms with Gasteiger partial charge in [-0.1, -0.05) is 11.6 Å². The van der Waals surface area contributed by atoms with Crippen LogP contribution in [-0.2, 0) is 0 Å². The van der Waals surface area contributed by atoms with Crippen LogP contribution in [-0.4, -0.2) is 23.8 Å². The van der Waals surface area contributed by atoms with E-state index in [0.717, 1.165) is 4.90 Å². The van der Waals surface area contributed by atoms with E-state index in [9.17, 15) is 18.4 Å². The van der Waals surface area contributed by atoms with Gasteiger partial charge in [0, 0.05) is 7.05 Å². The Balaban J connectivity index is 2.81. The number of rotatable bonds is 0. The summed E-state index contributed by atoms with van der Waals surface area (Å²) in [6.07, 6.45) is 0. The van der Waals surface area contributed by atoms with Crippen molar-refractivity contribution in [2.45, 2.75) is 0 Å². The fourth-order valence-electron chi connectivity index (χ4n) is 1.41. The topological polar surface area (TPSA) is 37.4 Å². The first-order chi connectivity index (χ1) is 6.95. The normalized spacial score (nSPS) is 14.8. The maximum Gasteiger partial charge on any atom is 0.262 e. The Kier molecular flexibility index (Phi) is 2.01. The molecule has 6 heteroatoms. The van der Waals surface area contributed by atoms with E-state index in [2.05, 4.69) is 0 Å². The van der Waals surface area contributed by atoms with E-state index in [1.165, 1.54) is 7.05 Å². The molecular weight excluding hydrogens is 228 g/mol. The van der Waals surface area contributed by atoms with E-state index in [1.54, 1.807) is 0 Å².